The van der Waals surface area contributed by atoms with Gasteiger partial charge in [-0.15, -0.1) is 0 Å². The predicted molar refractivity (Wildman–Crippen MR) is 123 cm³/mol. The third-order valence-corrected chi connectivity index (χ3v) is 7.43. The van der Waals surface area contributed by atoms with Gasteiger partial charge in [-0.3, -0.25) is 9.59 Å². The Labute approximate surface area is 192 Å². The largest absolute Gasteiger partial charge is 0.463 e. The first-order chi connectivity index (χ1) is 15.4. The zero-order valence-corrected chi connectivity index (χ0v) is 19.2. The third kappa shape index (κ3) is 3.51. The van der Waals surface area contributed by atoms with E-state index in [9.17, 15) is 9.59 Å². The van der Waals surface area contributed by atoms with Gasteiger partial charge >= 0.3 is 0 Å². The number of amides is 2. The van der Waals surface area contributed by atoms with Crippen molar-refractivity contribution in [2.24, 2.45) is 5.92 Å². The fourth-order valence-corrected chi connectivity index (χ4v) is 5.41. The van der Waals surface area contributed by atoms with Crippen molar-refractivity contribution in [1.29, 1.82) is 0 Å². The van der Waals surface area contributed by atoms with Crippen LogP contribution in [0.15, 0.2) is 47.1 Å². The highest BCUT2D eigenvalue weighted by Gasteiger charge is 2.48. The maximum absolute atomic E-state index is 13.8. The van der Waals surface area contributed by atoms with Gasteiger partial charge in [-0.25, -0.2) is 0 Å². The first-order valence-electron chi connectivity index (χ1n) is 11.3. The molecule has 1 aliphatic heterocycles. The molecule has 0 bridgehead atoms. The molecule has 168 valence electrons. The molecular formula is C25H28ClN3O3. The molecule has 3 heterocycles. The van der Waals surface area contributed by atoms with Gasteiger partial charge < -0.3 is 19.2 Å². The molecule has 1 aliphatic carbocycles. The molecule has 1 N–H and O–H groups in total. The number of halogens is 1. The number of benzene rings is 1. The molecule has 7 heteroatoms. The fraction of sp³-hybridized carbons (Fsp3) is 0.440. The Hall–Kier alpha value is -2.73. The summed E-state index contributed by atoms with van der Waals surface area (Å²) < 4.78 is 7.46. The number of nitrogens with one attached hydrogen (secondary N) is 1. The number of hydrogen-bond acceptors (Lipinski definition) is 3. The summed E-state index contributed by atoms with van der Waals surface area (Å²) >= 11 is 6.20. The van der Waals surface area contributed by atoms with Crippen molar-refractivity contribution in [3.05, 3.63) is 58.9 Å². The number of aromatic nitrogens is 1. The van der Waals surface area contributed by atoms with Crippen LogP contribution in [0.4, 0.5) is 0 Å². The van der Waals surface area contributed by atoms with Crippen molar-refractivity contribution in [3.8, 4) is 0 Å². The van der Waals surface area contributed by atoms with Crippen LogP contribution in [0.3, 0.4) is 0 Å². The summed E-state index contributed by atoms with van der Waals surface area (Å²) in [5, 5.41) is 3.90. The summed E-state index contributed by atoms with van der Waals surface area (Å²) in [6, 6.07) is 11.2. The zero-order valence-electron chi connectivity index (χ0n) is 18.4. The normalized spacial score (nSPS) is 25.7. The van der Waals surface area contributed by atoms with Crippen molar-refractivity contribution in [2.45, 2.75) is 64.2 Å². The quantitative estimate of drug-likeness (QED) is 0.604. The summed E-state index contributed by atoms with van der Waals surface area (Å²) in [6.45, 7) is 4.73. The second-order valence-corrected chi connectivity index (χ2v) is 9.86. The van der Waals surface area contributed by atoms with Gasteiger partial charge in [0.2, 0.25) is 5.91 Å². The average molecular weight is 454 g/mol. The van der Waals surface area contributed by atoms with Gasteiger partial charge in [-0.05, 0) is 43.4 Å². The Morgan fingerprint density at radius 1 is 1.25 bits per heavy atom. The van der Waals surface area contributed by atoms with E-state index in [1.54, 1.807) is 23.3 Å². The van der Waals surface area contributed by atoms with E-state index < -0.39 is 5.54 Å². The van der Waals surface area contributed by atoms with Crippen molar-refractivity contribution in [1.82, 2.24) is 14.8 Å². The first-order valence-corrected chi connectivity index (χ1v) is 11.7. The summed E-state index contributed by atoms with van der Waals surface area (Å²) in [5.41, 5.74) is 1.87. The minimum atomic E-state index is -1.05. The molecule has 3 atom stereocenters. The highest BCUT2D eigenvalue weighted by molar-refractivity contribution is 6.30. The number of furan rings is 1. The van der Waals surface area contributed by atoms with Gasteiger partial charge in [0.05, 0.1) is 18.3 Å². The van der Waals surface area contributed by atoms with Gasteiger partial charge in [0.15, 0.2) is 5.58 Å². The smallest absolute Gasteiger partial charge is 0.271 e. The monoisotopic (exact) mass is 453 g/mol. The number of rotatable bonds is 4. The van der Waals surface area contributed by atoms with Gasteiger partial charge in [0, 0.05) is 29.7 Å². The Balaban J connectivity index is 1.53. The van der Waals surface area contributed by atoms with Crippen molar-refractivity contribution >= 4 is 34.5 Å². The lowest BCUT2D eigenvalue weighted by molar-refractivity contribution is -0.134. The minimum Gasteiger partial charge on any atom is -0.463 e. The van der Waals surface area contributed by atoms with Crippen LogP contribution in [0.1, 0.15) is 55.6 Å². The van der Waals surface area contributed by atoms with Gasteiger partial charge in [0.1, 0.15) is 11.2 Å². The lowest BCUT2D eigenvalue weighted by Crippen LogP contribution is -2.65. The van der Waals surface area contributed by atoms with Crippen LogP contribution in [0.25, 0.3) is 11.1 Å². The lowest BCUT2D eigenvalue weighted by atomic mass is 9.85. The summed E-state index contributed by atoms with van der Waals surface area (Å²) in [5.74, 6) is 0.138. The van der Waals surface area contributed by atoms with Crippen LogP contribution in [0, 0.1) is 5.92 Å². The second-order valence-electron chi connectivity index (χ2n) is 9.42. The topological polar surface area (TPSA) is 67.5 Å². The van der Waals surface area contributed by atoms with Crippen LogP contribution >= 0.6 is 11.6 Å². The van der Waals surface area contributed by atoms with Gasteiger partial charge in [0.25, 0.3) is 5.91 Å². The van der Waals surface area contributed by atoms with Crippen LogP contribution in [-0.2, 0) is 17.9 Å². The van der Waals surface area contributed by atoms with E-state index in [-0.39, 0.29) is 17.9 Å². The first kappa shape index (κ1) is 21.1. The minimum absolute atomic E-state index is 0.109. The molecule has 2 aromatic heterocycles. The molecule has 32 heavy (non-hydrogen) atoms. The number of carbonyl (C=O) groups is 2. The number of hydrogen-bond donors (Lipinski definition) is 1. The molecule has 0 radical (unpaired) electrons. The zero-order chi connectivity index (χ0) is 22.5. The molecule has 0 spiro atoms. The molecule has 3 aromatic rings. The van der Waals surface area contributed by atoms with Crippen molar-refractivity contribution < 1.29 is 14.0 Å². The van der Waals surface area contributed by atoms with Crippen LogP contribution in [0.2, 0.25) is 5.02 Å². The molecule has 0 unspecified atom stereocenters. The Bertz CT molecular complexity index is 1180. The summed E-state index contributed by atoms with van der Waals surface area (Å²) in [7, 11) is 0. The number of fused-ring (bicyclic) bond motifs is 3. The summed E-state index contributed by atoms with van der Waals surface area (Å²) in [4.78, 5) is 29.2. The summed E-state index contributed by atoms with van der Waals surface area (Å²) in [6.07, 6.45) is 6.03. The van der Waals surface area contributed by atoms with Crippen LogP contribution < -0.4 is 5.32 Å². The molecule has 2 aliphatic rings. The highest BCUT2D eigenvalue weighted by Crippen LogP contribution is 2.35. The molecule has 5 rings (SSSR count). The number of carbonyl (C=O) groups excluding carboxylic acids is 2. The highest BCUT2D eigenvalue weighted by atomic mass is 35.5. The van der Waals surface area contributed by atoms with E-state index in [1.807, 2.05) is 35.8 Å². The van der Waals surface area contributed by atoms with E-state index in [1.165, 1.54) is 6.42 Å². The molecule has 2 amide bonds. The Morgan fingerprint density at radius 3 is 2.84 bits per heavy atom. The fourth-order valence-electron chi connectivity index (χ4n) is 5.19. The Kier molecular flexibility index (Phi) is 5.28. The molecule has 1 saturated carbocycles. The van der Waals surface area contributed by atoms with Gasteiger partial charge in [-0.1, -0.05) is 43.5 Å². The average Bonchev–Trinajstić information content (AvgIpc) is 3.35. The van der Waals surface area contributed by atoms with Crippen molar-refractivity contribution in [2.75, 3.05) is 0 Å². The maximum atomic E-state index is 13.8. The van der Waals surface area contributed by atoms with E-state index in [4.69, 9.17) is 16.0 Å². The van der Waals surface area contributed by atoms with Crippen molar-refractivity contribution in [3.63, 3.8) is 0 Å². The third-order valence-electron chi connectivity index (χ3n) is 7.20. The maximum Gasteiger partial charge on any atom is 0.271 e. The molecular weight excluding hydrogens is 426 g/mol. The lowest BCUT2D eigenvalue weighted by Gasteiger charge is -2.45. The van der Waals surface area contributed by atoms with E-state index >= 15 is 0 Å². The number of nitrogens with zero attached hydrogens (tertiary/aromatic N) is 2. The molecule has 0 saturated heterocycles. The molecule has 6 nitrogen and oxygen atoms in total. The second kappa shape index (κ2) is 8.00. The SMILES string of the molecule is C[C@@H]1CCCC[C@@H]1NC(=O)[C@]1(C)Cn2c(cc3occc32)C(=O)N1Cc1cccc(Cl)c1. The van der Waals surface area contributed by atoms with Gasteiger partial charge in [-0.2, -0.15) is 0 Å². The van der Waals surface area contributed by atoms with Crippen LogP contribution in [-0.4, -0.2) is 32.9 Å². The molecule has 1 aromatic carbocycles. The van der Waals surface area contributed by atoms with E-state index in [0.29, 0.717) is 35.3 Å². The Morgan fingerprint density at radius 2 is 2.06 bits per heavy atom. The van der Waals surface area contributed by atoms with E-state index in [0.717, 1.165) is 30.3 Å². The standard InChI is InChI=1S/C25H28ClN3O3/c1-16-6-3-4-9-19(16)27-24(31)25(2)15-28-20-10-11-32-22(20)13-21(28)23(30)29(25)14-17-7-5-8-18(26)12-17/h5,7-8,10-13,16,19H,3-4,6,9,14-15H2,1-2H3,(H,27,31)/t16-,19+,25+/m1/s1. The van der Waals surface area contributed by atoms with E-state index in [2.05, 4.69) is 12.2 Å². The molecule has 1 fully saturated rings. The van der Waals surface area contributed by atoms with Crippen LogP contribution in [0.5, 0.6) is 0 Å². The predicted octanol–water partition coefficient (Wildman–Crippen LogP) is 5.00.